The summed E-state index contributed by atoms with van der Waals surface area (Å²) in [5.41, 5.74) is 7.84. The Hall–Kier alpha value is -1.88. The first-order valence-corrected chi connectivity index (χ1v) is 6.81. The zero-order valence-corrected chi connectivity index (χ0v) is 12.7. The van der Waals surface area contributed by atoms with Crippen molar-refractivity contribution in [1.82, 2.24) is 0 Å². The zero-order chi connectivity index (χ0) is 14.9. The minimum atomic E-state index is -0.550. The van der Waals surface area contributed by atoms with Crippen LogP contribution in [0.4, 0.5) is 15.8 Å². The number of hydrogen-bond acceptors (Lipinski definition) is 2. The molecule has 0 spiro atoms. The van der Waals surface area contributed by atoms with E-state index >= 15 is 0 Å². The molecule has 0 saturated heterocycles. The molecule has 2 rings (SSSR count). The molecule has 5 heteroatoms. The van der Waals surface area contributed by atoms with Gasteiger partial charge in [0.25, 0.3) is 5.91 Å². The van der Waals surface area contributed by atoms with Crippen LogP contribution in [0.3, 0.4) is 0 Å². The summed E-state index contributed by atoms with van der Waals surface area (Å²) in [5.74, 6) is -1.06. The predicted molar refractivity (Wildman–Crippen MR) is 82.4 cm³/mol. The Morgan fingerprint density at radius 3 is 2.55 bits per heavy atom. The number of carbonyl (C=O) groups excluding carboxylic acids is 1. The smallest absolute Gasteiger partial charge is 0.258 e. The first kappa shape index (κ1) is 14.5. The Balaban J connectivity index is 2.33. The maximum Gasteiger partial charge on any atom is 0.258 e. The first-order valence-electron chi connectivity index (χ1n) is 6.01. The minimum absolute atomic E-state index is 0.0511. The molecule has 3 nitrogen and oxygen atoms in total. The van der Waals surface area contributed by atoms with Gasteiger partial charge in [-0.3, -0.25) is 4.79 Å². The number of nitrogen functional groups attached to an aromatic ring is 1. The fraction of sp³-hybridized carbons (Fsp3) is 0.133. The summed E-state index contributed by atoms with van der Waals surface area (Å²) in [7, 11) is 0. The number of nitrogens with two attached hydrogens (primary N) is 1. The van der Waals surface area contributed by atoms with Gasteiger partial charge in [0.1, 0.15) is 5.82 Å². The maximum atomic E-state index is 14.0. The maximum absolute atomic E-state index is 14.0. The molecule has 0 aliphatic carbocycles. The summed E-state index contributed by atoms with van der Waals surface area (Å²) in [6.45, 7) is 3.44. The van der Waals surface area contributed by atoms with Crippen LogP contribution in [0.25, 0.3) is 0 Å². The third-order valence-electron chi connectivity index (χ3n) is 2.96. The molecule has 104 valence electrons. The highest BCUT2D eigenvalue weighted by molar-refractivity contribution is 9.10. The highest BCUT2D eigenvalue weighted by atomic mass is 79.9. The van der Waals surface area contributed by atoms with Crippen LogP contribution >= 0.6 is 15.9 Å². The van der Waals surface area contributed by atoms with Gasteiger partial charge < -0.3 is 11.1 Å². The van der Waals surface area contributed by atoms with E-state index in [1.54, 1.807) is 13.0 Å². The molecule has 0 atom stereocenters. The molecular formula is C15H14BrFN2O. The standard InChI is InChI=1S/C15H14BrFN2O/c1-8-5-10(16)3-4-13(8)19-15(20)12-7-11(18)6-9(2)14(12)17/h3-7H,18H2,1-2H3,(H,19,20). The lowest BCUT2D eigenvalue weighted by atomic mass is 10.1. The van der Waals surface area contributed by atoms with Crippen LogP contribution in [0.15, 0.2) is 34.8 Å². The van der Waals surface area contributed by atoms with Crippen LogP contribution in [-0.2, 0) is 0 Å². The molecule has 20 heavy (non-hydrogen) atoms. The van der Waals surface area contributed by atoms with Crippen LogP contribution in [0, 0.1) is 19.7 Å². The highest BCUT2D eigenvalue weighted by Gasteiger charge is 2.15. The van der Waals surface area contributed by atoms with E-state index in [1.165, 1.54) is 12.1 Å². The van der Waals surface area contributed by atoms with Crippen molar-refractivity contribution in [2.45, 2.75) is 13.8 Å². The summed E-state index contributed by atoms with van der Waals surface area (Å²) in [6.07, 6.45) is 0. The molecule has 0 radical (unpaired) electrons. The third kappa shape index (κ3) is 2.99. The van der Waals surface area contributed by atoms with Gasteiger partial charge in [0.2, 0.25) is 0 Å². The largest absolute Gasteiger partial charge is 0.399 e. The van der Waals surface area contributed by atoms with Crippen LogP contribution in [-0.4, -0.2) is 5.91 Å². The number of nitrogens with one attached hydrogen (secondary N) is 1. The molecule has 3 N–H and O–H groups in total. The molecular weight excluding hydrogens is 323 g/mol. The van der Waals surface area contributed by atoms with E-state index in [2.05, 4.69) is 21.2 Å². The Labute approximate surface area is 125 Å². The number of rotatable bonds is 2. The average Bonchev–Trinajstić information content (AvgIpc) is 2.37. The quantitative estimate of drug-likeness (QED) is 0.813. The van der Waals surface area contributed by atoms with Crippen molar-refractivity contribution in [1.29, 1.82) is 0 Å². The van der Waals surface area contributed by atoms with Gasteiger partial charge in [-0.2, -0.15) is 0 Å². The van der Waals surface area contributed by atoms with Gasteiger partial charge in [-0.15, -0.1) is 0 Å². The Bertz CT molecular complexity index is 686. The van der Waals surface area contributed by atoms with Crippen LogP contribution in [0.5, 0.6) is 0 Å². The minimum Gasteiger partial charge on any atom is -0.399 e. The van der Waals surface area contributed by atoms with Crippen molar-refractivity contribution in [3.05, 3.63) is 57.3 Å². The van der Waals surface area contributed by atoms with Gasteiger partial charge in [0, 0.05) is 15.8 Å². The van der Waals surface area contributed by atoms with Gasteiger partial charge in [-0.25, -0.2) is 4.39 Å². The van der Waals surface area contributed by atoms with E-state index in [-0.39, 0.29) is 5.56 Å². The lowest BCUT2D eigenvalue weighted by Gasteiger charge is -2.11. The van der Waals surface area contributed by atoms with E-state index in [0.717, 1.165) is 10.0 Å². The van der Waals surface area contributed by atoms with Crippen LogP contribution < -0.4 is 11.1 Å². The predicted octanol–water partition coefficient (Wildman–Crippen LogP) is 4.04. The van der Waals surface area contributed by atoms with E-state index in [4.69, 9.17) is 5.73 Å². The van der Waals surface area contributed by atoms with E-state index in [0.29, 0.717) is 16.9 Å². The second-order valence-corrected chi connectivity index (χ2v) is 5.53. The number of carbonyl (C=O) groups is 1. The average molecular weight is 337 g/mol. The number of halogens is 2. The van der Waals surface area contributed by atoms with Gasteiger partial charge in [-0.1, -0.05) is 15.9 Å². The lowest BCUT2D eigenvalue weighted by Crippen LogP contribution is -2.15. The number of benzene rings is 2. The fourth-order valence-electron chi connectivity index (χ4n) is 1.92. The number of aryl methyl sites for hydroxylation is 2. The molecule has 0 saturated carbocycles. The lowest BCUT2D eigenvalue weighted by molar-refractivity contribution is 0.102. The molecule has 1 amide bonds. The Kier molecular flexibility index (Phi) is 4.09. The Morgan fingerprint density at radius 2 is 1.90 bits per heavy atom. The molecule has 0 unspecified atom stereocenters. The van der Waals surface area contributed by atoms with Gasteiger partial charge in [0.15, 0.2) is 0 Å². The second-order valence-electron chi connectivity index (χ2n) is 4.61. The number of hydrogen-bond donors (Lipinski definition) is 2. The zero-order valence-electron chi connectivity index (χ0n) is 11.1. The van der Waals surface area contributed by atoms with E-state index < -0.39 is 11.7 Å². The molecule has 0 fully saturated rings. The SMILES string of the molecule is Cc1cc(Br)ccc1NC(=O)c1cc(N)cc(C)c1F. The molecule has 2 aromatic carbocycles. The molecule has 0 bridgehead atoms. The number of amides is 1. The van der Waals surface area contributed by atoms with E-state index in [9.17, 15) is 9.18 Å². The molecule has 0 heterocycles. The van der Waals surface area contributed by atoms with E-state index in [1.807, 2.05) is 19.1 Å². The van der Waals surface area contributed by atoms with Crippen LogP contribution in [0.1, 0.15) is 21.5 Å². The molecule has 0 aliphatic rings. The van der Waals surface area contributed by atoms with Gasteiger partial charge in [0.05, 0.1) is 5.56 Å². The summed E-state index contributed by atoms with van der Waals surface area (Å²) in [6, 6.07) is 8.28. The Morgan fingerprint density at radius 1 is 1.20 bits per heavy atom. The summed E-state index contributed by atoms with van der Waals surface area (Å²) < 4.78 is 14.9. The monoisotopic (exact) mass is 336 g/mol. The third-order valence-corrected chi connectivity index (χ3v) is 3.45. The van der Waals surface area contributed by atoms with Crippen molar-refractivity contribution in [3.8, 4) is 0 Å². The number of anilines is 2. The molecule has 2 aromatic rings. The molecule has 0 aliphatic heterocycles. The van der Waals surface area contributed by atoms with Crippen molar-refractivity contribution >= 4 is 33.2 Å². The summed E-state index contributed by atoms with van der Waals surface area (Å²) >= 11 is 3.35. The molecule has 0 aromatic heterocycles. The summed E-state index contributed by atoms with van der Waals surface area (Å²) in [4.78, 5) is 12.2. The highest BCUT2D eigenvalue weighted by Crippen LogP contribution is 2.22. The fourth-order valence-corrected chi connectivity index (χ4v) is 2.40. The summed E-state index contributed by atoms with van der Waals surface area (Å²) in [5, 5.41) is 2.69. The van der Waals surface area contributed by atoms with Gasteiger partial charge in [-0.05, 0) is 55.3 Å². The van der Waals surface area contributed by atoms with Gasteiger partial charge >= 0.3 is 0 Å². The van der Waals surface area contributed by atoms with Crippen molar-refractivity contribution in [3.63, 3.8) is 0 Å². The topological polar surface area (TPSA) is 55.1 Å². The van der Waals surface area contributed by atoms with Crippen molar-refractivity contribution in [2.75, 3.05) is 11.1 Å². The van der Waals surface area contributed by atoms with Crippen molar-refractivity contribution in [2.24, 2.45) is 0 Å². The normalized spacial score (nSPS) is 10.4. The van der Waals surface area contributed by atoms with Crippen molar-refractivity contribution < 1.29 is 9.18 Å². The van der Waals surface area contributed by atoms with Crippen LogP contribution in [0.2, 0.25) is 0 Å². The first-order chi connectivity index (χ1) is 9.38. The second kappa shape index (κ2) is 5.63.